The maximum Gasteiger partial charge on any atom is 0.203 e. The van der Waals surface area contributed by atoms with E-state index in [2.05, 4.69) is 0 Å². The molecule has 4 heteroatoms. The number of benzene rings is 2. The fourth-order valence-corrected chi connectivity index (χ4v) is 2.01. The van der Waals surface area contributed by atoms with Crippen LogP contribution in [0.25, 0.3) is 0 Å². The molecular formula is C18H20O4. The molecule has 0 spiro atoms. The number of hydrogen-bond acceptors (Lipinski definition) is 4. The van der Waals surface area contributed by atoms with Gasteiger partial charge in [-0.05, 0) is 31.5 Å². The van der Waals surface area contributed by atoms with Gasteiger partial charge in [0.25, 0.3) is 0 Å². The highest BCUT2D eigenvalue weighted by atomic mass is 16.5. The number of methoxy groups -OCH3 is 1. The van der Waals surface area contributed by atoms with Crippen molar-refractivity contribution in [3.8, 4) is 17.2 Å². The molecule has 2 aromatic rings. The number of hydrogen-bond donors (Lipinski definition) is 0. The summed E-state index contributed by atoms with van der Waals surface area (Å²) >= 11 is 0. The largest absolute Gasteiger partial charge is 0.493 e. The maximum atomic E-state index is 11.1. The molecule has 0 aliphatic rings. The second-order valence-electron chi connectivity index (χ2n) is 5.11. The van der Waals surface area contributed by atoms with Gasteiger partial charge in [0, 0.05) is 5.56 Å². The van der Waals surface area contributed by atoms with Crippen LogP contribution >= 0.6 is 0 Å². The van der Waals surface area contributed by atoms with Gasteiger partial charge in [0.15, 0.2) is 11.5 Å². The Hall–Kier alpha value is -2.49. The highest BCUT2D eigenvalue weighted by Crippen LogP contribution is 2.39. The van der Waals surface area contributed by atoms with E-state index in [1.807, 2.05) is 44.2 Å². The summed E-state index contributed by atoms with van der Waals surface area (Å²) < 4.78 is 17.0. The molecule has 116 valence electrons. The minimum atomic E-state index is -0.0324. The van der Waals surface area contributed by atoms with Crippen LogP contribution in [-0.4, -0.2) is 19.5 Å². The smallest absolute Gasteiger partial charge is 0.203 e. The number of ether oxygens (including phenoxy) is 3. The summed E-state index contributed by atoms with van der Waals surface area (Å²) in [4.78, 5) is 11.1. The second-order valence-corrected chi connectivity index (χ2v) is 5.11. The average molecular weight is 300 g/mol. The minimum Gasteiger partial charge on any atom is -0.493 e. The second kappa shape index (κ2) is 7.50. The lowest BCUT2D eigenvalue weighted by Gasteiger charge is -2.18. The van der Waals surface area contributed by atoms with Crippen molar-refractivity contribution in [2.24, 2.45) is 0 Å². The first-order valence-electron chi connectivity index (χ1n) is 7.14. The van der Waals surface area contributed by atoms with E-state index in [0.717, 1.165) is 11.8 Å². The van der Waals surface area contributed by atoms with Gasteiger partial charge in [-0.2, -0.15) is 0 Å². The highest BCUT2D eigenvalue weighted by molar-refractivity contribution is 5.78. The molecule has 2 aromatic carbocycles. The molecule has 0 aromatic heterocycles. The normalized spacial score (nSPS) is 10.4. The standard InChI is InChI=1S/C18H20O4/c1-13(2)22-18-16(20-3)9-15(11-19)10-17(18)21-12-14-7-5-4-6-8-14/h4-11,13H,12H2,1-3H3. The van der Waals surface area contributed by atoms with Crippen molar-refractivity contribution < 1.29 is 19.0 Å². The van der Waals surface area contributed by atoms with Crippen LogP contribution in [0.2, 0.25) is 0 Å². The summed E-state index contributed by atoms with van der Waals surface area (Å²) in [5.41, 5.74) is 1.52. The predicted molar refractivity (Wildman–Crippen MR) is 84.9 cm³/mol. The van der Waals surface area contributed by atoms with Crippen molar-refractivity contribution in [2.75, 3.05) is 7.11 Å². The molecule has 0 radical (unpaired) electrons. The average Bonchev–Trinajstić information content (AvgIpc) is 2.54. The van der Waals surface area contributed by atoms with Gasteiger partial charge in [-0.15, -0.1) is 0 Å². The number of carbonyl (C=O) groups is 1. The Morgan fingerprint density at radius 3 is 2.36 bits per heavy atom. The van der Waals surface area contributed by atoms with Crippen LogP contribution in [0.5, 0.6) is 17.2 Å². The van der Waals surface area contributed by atoms with E-state index in [4.69, 9.17) is 14.2 Å². The van der Waals surface area contributed by atoms with Crippen LogP contribution in [0, 0.1) is 0 Å². The molecule has 0 N–H and O–H groups in total. The van der Waals surface area contributed by atoms with E-state index >= 15 is 0 Å². The van der Waals surface area contributed by atoms with Crippen LogP contribution in [0.4, 0.5) is 0 Å². The van der Waals surface area contributed by atoms with Gasteiger partial charge in [0.05, 0.1) is 13.2 Å². The Balaban J connectivity index is 2.31. The van der Waals surface area contributed by atoms with Gasteiger partial charge in [-0.25, -0.2) is 0 Å². The Bertz CT molecular complexity index is 620. The molecule has 0 amide bonds. The summed E-state index contributed by atoms with van der Waals surface area (Å²) in [5.74, 6) is 1.50. The first-order valence-corrected chi connectivity index (χ1v) is 7.14. The SMILES string of the molecule is COc1cc(C=O)cc(OCc2ccccc2)c1OC(C)C. The third kappa shape index (κ3) is 4.01. The summed E-state index contributed by atoms with van der Waals surface area (Å²) in [7, 11) is 1.54. The molecule has 0 aliphatic carbocycles. The van der Waals surface area contributed by atoms with E-state index in [-0.39, 0.29) is 6.10 Å². The van der Waals surface area contributed by atoms with Gasteiger partial charge >= 0.3 is 0 Å². The molecule has 0 saturated carbocycles. The predicted octanol–water partition coefficient (Wildman–Crippen LogP) is 3.87. The first kappa shape index (κ1) is 15.9. The monoisotopic (exact) mass is 300 g/mol. The summed E-state index contributed by atoms with van der Waals surface area (Å²) in [5, 5.41) is 0. The zero-order chi connectivity index (χ0) is 15.9. The number of carbonyl (C=O) groups excluding carboxylic acids is 1. The van der Waals surface area contributed by atoms with Gasteiger partial charge < -0.3 is 14.2 Å². The molecule has 22 heavy (non-hydrogen) atoms. The van der Waals surface area contributed by atoms with E-state index in [1.54, 1.807) is 12.1 Å². The molecular weight excluding hydrogens is 280 g/mol. The van der Waals surface area contributed by atoms with Crippen molar-refractivity contribution >= 4 is 6.29 Å². The first-order chi connectivity index (χ1) is 10.6. The molecule has 0 saturated heterocycles. The van der Waals surface area contributed by atoms with Crippen LogP contribution in [0.15, 0.2) is 42.5 Å². The lowest BCUT2D eigenvalue weighted by atomic mass is 10.2. The molecule has 0 heterocycles. The van der Waals surface area contributed by atoms with Crippen molar-refractivity contribution in [3.63, 3.8) is 0 Å². The van der Waals surface area contributed by atoms with Gasteiger partial charge in [0.2, 0.25) is 5.75 Å². The summed E-state index contributed by atoms with van der Waals surface area (Å²) in [6.07, 6.45) is 0.729. The van der Waals surface area contributed by atoms with Crippen LogP contribution in [-0.2, 0) is 6.61 Å². The quantitative estimate of drug-likeness (QED) is 0.728. The van der Waals surface area contributed by atoms with Crippen molar-refractivity contribution in [1.82, 2.24) is 0 Å². The van der Waals surface area contributed by atoms with E-state index in [0.29, 0.717) is 29.4 Å². The van der Waals surface area contributed by atoms with Gasteiger partial charge in [-0.1, -0.05) is 30.3 Å². The van der Waals surface area contributed by atoms with Gasteiger partial charge in [-0.3, -0.25) is 4.79 Å². The summed E-state index contributed by atoms with van der Waals surface area (Å²) in [6, 6.07) is 13.1. The summed E-state index contributed by atoms with van der Waals surface area (Å²) in [6.45, 7) is 4.24. The Kier molecular flexibility index (Phi) is 5.42. The molecule has 2 rings (SSSR count). The third-order valence-corrected chi connectivity index (χ3v) is 2.99. The zero-order valence-electron chi connectivity index (χ0n) is 13.0. The fraction of sp³-hybridized carbons (Fsp3) is 0.278. The van der Waals surface area contributed by atoms with Crippen LogP contribution < -0.4 is 14.2 Å². The molecule has 0 aliphatic heterocycles. The van der Waals surface area contributed by atoms with Gasteiger partial charge in [0.1, 0.15) is 12.9 Å². The number of rotatable bonds is 7. The zero-order valence-corrected chi connectivity index (χ0v) is 13.0. The van der Waals surface area contributed by atoms with E-state index in [9.17, 15) is 4.79 Å². The van der Waals surface area contributed by atoms with E-state index in [1.165, 1.54) is 7.11 Å². The number of aldehydes is 1. The van der Waals surface area contributed by atoms with Crippen molar-refractivity contribution in [2.45, 2.75) is 26.6 Å². The lowest BCUT2D eigenvalue weighted by molar-refractivity contribution is 0.112. The van der Waals surface area contributed by atoms with Crippen molar-refractivity contribution in [3.05, 3.63) is 53.6 Å². The Morgan fingerprint density at radius 1 is 1.09 bits per heavy atom. The fourth-order valence-electron chi connectivity index (χ4n) is 2.01. The maximum absolute atomic E-state index is 11.1. The van der Waals surface area contributed by atoms with Crippen LogP contribution in [0.1, 0.15) is 29.8 Å². The molecule has 4 nitrogen and oxygen atoms in total. The molecule has 0 bridgehead atoms. The third-order valence-electron chi connectivity index (χ3n) is 2.99. The molecule has 0 fully saturated rings. The highest BCUT2D eigenvalue weighted by Gasteiger charge is 2.16. The minimum absolute atomic E-state index is 0.0324. The Morgan fingerprint density at radius 2 is 1.77 bits per heavy atom. The van der Waals surface area contributed by atoms with Crippen LogP contribution in [0.3, 0.4) is 0 Å². The Labute approximate surface area is 130 Å². The van der Waals surface area contributed by atoms with E-state index < -0.39 is 0 Å². The lowest BCUT2D eigenvalue weighted by Crippen LogP contribution is -2.09. The molecule has 0 unspecified atom stereocenters. The van der Waals surface area contributed by atoms with Crippen molar-refractivity contribution in [1.29, 1.82) is 0 Å². The topological polar surface area (TPSA) is 44.8 Å². The molecule has 0 atom stereocenters.